The highest BCUT2D eigenvalue weighted by atomic mass is 16.2. The second kappa shape index (κ2) is 5.10. The zero-order valence-electron chi connectivity index (χ0n) is 10.0. The first-order chi connectivity index (χ1) is 6.82. The molecule has 3 heteroatoms. The molecule has 3 nitrogen and oxygen atoms in total. The highest BCUT2D eigenvalue weighted by Gasteiger charge is 2.15. The van der Waals surface area contributed by atoms with Crippen LogP contribution in [-0.2, 0) is 5.41 Å². The molecule has 0 saturated heterocycles. The maximum Gasteiger partial charge on any atom is 0.271 e. The van der Waals surface area contributed by atoms with E-state index in [0.29, 0.717) is 5.69 Å². The van der Waals surface area contributed by atoms with Crippen molar-refractivity contribution >= 4 is 5.91 Å². The summed E-state index contributed by atoms with van der Waals surface area (Å²) in [4.78, 5) is 17.3. The third kappa shape index (κ3) is 3.33. The fraction of sp³-hybridized carbons (Fsp3) is 0.538. The van der Waals surface area contributed by atoms with Crippen LogP contribution in [0.25, 0.3) is 0 Å². The van der Waals surface area contributed by atoms with E-state index in [1.165, 1.54) is 4.90 Å². The van der Waals surface area contributed by atoms with Gasteiger partial charge in [-0.2, -0.15) is 0 Å². The van der Waals surface area contributed by atoms with Gasteiger partial charge in [-0.25, -0.2) is 0 Å². The molecule has 0 N–H and O–H groups in total. The molecule has 1 aromatic rings. The van der Waals surface area contributed by atoms with Gasteiger partial charge in [-0.1, -0.05) is 34.3 Å². The zero-order chi connectivity index (χ0) is 11.6. The standard InChI is InChI=1S/C12H18N2O.CH4/c1-12(2,3)9-6-7-10(13-8-9)11(15)14(4)5;/h6-8H,1-5H3;1H4. The van der Waals surface area contributed by atoms with Gasteiger partial charge in [-0.15, -0.1) is 0 Å². The Morgan fingerprint density at radius 3 is 2.12 bits per heavy atom. The van der Waals surface area contributed by atoms with Crippen molar-refractivity contribution in [1.29, 1.82) is 0 Å². The first kappa shape index (κ1) is 14.6. The first-order valence-corrected chi connectivity index (χ1v) is 5.00. The van der Waals surface area contributed by atoms with Crippen molar-refractivity contribution in [2.45, 2.75) is 33.6 Å². The average molecular weight is 222 g/mol. The smallest absolute Gasteiger partial charge is 0.271 e. The minimum Gasteiger partial charge on any atom is -0.343 e. The van der Waals surface area contributed by atoms with Gasteiger partial charge >= 0.3 is 0 Å². The minimum atomic E-state index is -0.0598. The molecule has 1 rings (SSSR count). The lowest BCUT2D eigenvalue weighted by atomic mass is 9.88. The number of pyridine rings is 1. The van der Waals surface area contributed by atoms with Crippen LogP contribution in [0.1, 0.15) is 44.2 Å². The molecule has 16 heavy (non-hydrogen) atoms. The molecule has 0 aliphatic carbocycles. The van der Waals surface area contributed by atoms with E-state index < -0.39 is 0 Å². The summed E-state index contributed by atoms with van der Waals surface area (Å²) in [6, 6.07) is 3.74. The number of aromatic nitrogens is 1. The summed E-state index contributed by atoms with van der Waals surface area (Å²) in [6.45, 7) is 6.37. The fourth-order valence-corrected chi connectivity index (χ4v) is 1.19. The van der Waals surface area contributed by atoms with Crippen LogP contribution in [0.5, 0.6) is 0 Å². The van der Waals surface area contributed by atoms with Crippen molar-refractivity contribution in [3.05, 3.63) is 29.6 Å². The molecule has 0 aromatic carbocycles. The second-order valence-corrected chi connectivity index (χ2v) is 4.88. The van der Waals surface area contributed by atoms with Gasteiger partial charge in [0.25, 0.3) is 5.91 Å². The Hall–Kier alpha value is -1.38. The number of nitrogens with zero attached hydrogens (tertiary/aromatic N) is 2. The number of amides is 1. The average Bonchev–Trinajstić information content (AvgIpc) is 2.15. The first-order valence-electron chi connectivity index (χ1n) is 5.00. The van der Waals surface area contributed by atoms with Crippen LogP contribution >= 0.6 is 0 Å². The van der Waals surface area contributed by atoms with E-state index in [4.69, 9.17) is 0 Å². The topological polar surface area (TPSA) is 33.2 Å². The largest absolute Gasteiger partial charge is 0.343 e. The molecule has 0 radical (unpaired) electrons. The lowest BCUT2D eigenvalue weighted by Gasteiger charge is -2.18. The molecule has 0 atom stereocenters. The zero-order valence-corrected chi connectivity index (χ0v) is 10.0. The Labute approximate surface area is 98.5 Å². The summed E-state index contributed by atoms with van der Waals surface area (Å²) in [5, 5.41) is 0. The van der Waals surface area contributed by atoms with E-state index in [-0.39, 0.29) is 18.7 Å². The SMILES string of the molecule is C.CN(C)C(=O)c1ccc(C(C)(C)C)cn1. The number of carbonyl (C=O) groups is 1. The van der Waals surface area contributed by atoms with Crippen molar-refractivity contribution in [3.63, 3.8) is 0 Å². The maximum absolute atomic E-state index is 11.6. The van der Waals surface area contributed by atoms with E-state index in [1.54, 1.807) is 26.4 Å². The third-order valence-corrected chi connectivity index (χ3v) is 2.25. The highest BCUT2D eigenvalue weighted by molar-refractivity contribution is 5.91. The summed E-state index contributed by atoms with van der Waals surface area (Å²) in [5.74, 6) is -0.0598. The van der Waals surface area contributed by atoms with Gasteiger partial charge in [-0.3, -0.25) is 9.78 Å². The van der Waals surface area contributed by atoms with Crippen LogP contribution in [0.2, 0.25) is 0 Å². The number of hydrogen-bond acceptors (Lipinski definition) is 2. The van der Waals surface area contributed by atoms with Crippen LogP contribution in [-0.4, -0.2) is 29.9 Å². The van der Waals surface area contributed by atoms with Crippen LogP contribution in [0.15, 0.2) is 18.3 Å². The highest BCUT2D eigenvalue weighted by Crippen LogP contribution is 2.21. The van der Waals surface area contributed by atoms with Gasteiger partial charge < -0.3 is 4.90 Å². The normalized spacial score (nSPS) is 10.6. The van der Waals surface area contributed by atoms with Crippen LogP contribution < -0.4 is 0 Å². The summed E-state index contributed by atoms with van der Waals surface area (Å²) in [7, 11) is 3.45. The van der Waals surface area contributed by atoms with Crippen molar-refractivity contribution < 1.29 is 4.79 Å². The fourth-order valence-electron chi connectivity index (χ4n) is 1.19. The number of hydrogen-bond donors (Lipinski definition) is 0. The Morgan fingerprint density at radius 1 is 1.25 bits per heavy atom. The lowest BCUT2D eigenvalue weighted by Crippen LogP contribution is -2.23. The molecule has 1 aromatic heterocycles. The summed E-state index contributed by atoms with van der Waals surface area (Å²) < 4.78 is 0. The Kier molecular flexibility index (Phi) is 4.66. The lowest BCUT2D eigenvalue weighted by molar-refractivity contribution is 0.0822. The van der Waals surface area contributed by atoms with Gasteiger partial charge in [0.15, 0.2) is 0 Å². The molecule has 0 aliphatic heterocycles. The molecular formula is C13H22N2O. The van der Waals surface area contributed by atoms with Crippen molar-refractivity contribution in [2.24, 2.45) is 0 Å². The van der Waals surface area contributed by atoms with E-state index in [0.717, 1.165) is 5.56 Å². The molecule has 0 bridgehead atoms. The summed E-state index contributed by atoms with van der Waals surface area (Å²) >= 11 is 0. The quantitative estimate of drug-likeness (QED) is 0.732. The molecule has 1 heterocycles. The van der Waals surface area contributed by atoms with E-state index in [1.807, 2.05) is 6.07 Å². The molecule has 90 valence electrons. The van der Waals surface area contributed by atoms with Crippen molar-refractivity contribution in [1.82, 2.24) is 9.88 Å². The second-order valence-electron chi connectivity index (χ2n) is 4.88. The molecule has 0 spiro atoms. The Bertz CT molecular complexity index is 347. The van der Waals surface area contributed by atoms with Gasteiger partial charge in [0.05, 0.1) is 0 Å². The number of rotatable bonds is 1. The van der Waals surface area contributed by atoms with Crippen LogP contribution in [0.4, 0.5) is 0 Å². The van der Waals surface area contributed by atoms with Crippen molar-refractivity contribution in [2.75, 3.05) is 14.1 Å². The van der Waals surface area contributed by atoms with E-state index >= 15 is 0 Å². The van der Waals surface area contributed by atoms with E-state index in [9.17, 15) is 4.79 Å². The monoisotopic (exact) mass is 222 g/mol. The van der Waals surface area contributed by atoms with E-state index in [2.05, 4.69) is 25.8 Å². The van der Waals surface area contributed by atoms with Crippen LogP contribution in [0.3, 0.4) is 0 Å². The predicted molar refractivity (Wildman–Crippen MR) is 67.7 cm³/mol. The third-order valence-electron chi connectivity index (χ3n) is 2.25. The van der Waals surface area contributed by atoms with Gasteiger partial charge in [-0.05, 0) is 17.0 Å². The minimum absolute atomic E-state index is 0. The van der Waals surface area contributed by atoms with Crippen LogP contribution in [0, 0.1) is 0 Å². The van der Waals surface area contributed by atoms with Gasteiger partial charge in [0.2, 0.25) is 0 Å². The van der Waals surface area contributed by atoms with Crippen molar-refractivity contribution in [3.8, 4) is 0 Å². The molecule has 0 fully saturated rings. The predicted octanol–water partition coefficient (Wildman–Crippen LogP) is 2.72. The van der Waals surface area contributed by atoms with Gasteiger partial charge in [0.1, 0.15) is 5.69 Å². The maximum atomic E-state index is 11.6. The summed E-state index contributed by atoms with van der Waals surface area (Å²) in [5.41, 5.74) is 1.71. The molecule has 0 unspecified atom stereocenters. The summed E-state index contributed by atoms with van der Waals surface area (Å²) in [6.07, 6.45) is 1.77. The molecule has 0 aliphatic rings. The Balaban J connectivity index is 0.00000225. The number of carbonyl (C=O) groups excluding carboxylic acids is 1. The molecule has 0 saturated carbocycles. The molecular weight excluding hydrogens is 200 g/mol. The molecule has 1 amide bonds. The Morgan fingerprint density at radius 2 is 1.81 bits per heavy atom. The van der Waals surface area contributed by atoms with Gasteiger partial charge in [0, 0.05) is 20.3 Å².